The summed E-state index contributed by atoms with van der Waals surface area (Å²) < 4.78 is 42.2. The lowest BCUT2D eigenvalue weighted by molar-refractivity contribution is 0.102. The average Bonchev–Trinajstić information content (AvgIpc) is 2.81. The van der Waals surface area contributed by atoms with Crippen LogP contribution >= 0.6 is 23.2 Å². The molecule has 1 saturated heterocycles. The van der Waals surface area contributed by atoms with Gasteiger partial charge in [-0.1, -0.05) is 41.4 Å². The molecule has 0 atom stereocenters. The van der Waals surface area contributed by atoms with Crippen LogP contribution in [0.5, 0.6) is 0 Å². The van der Waals surface area contributed by atoms with Crippen molar-refractivity contribution in [2.24, 2.45) is 0 Å². The van der Waals surface area contributed by atoms with Crippen LogP contribution in [0.2, 0.25) is 10.0 Å². The van der Waals surface area contributed by atoms with E-state index in [1.54, 1.807) is 30.3 Å². The van der Waals surface area contributed by atoms with Gasteiger partial charge in [-0.25, -0.2) is 12.8 Å². The first kappa shape index (κ1) is 23.5. The zero-order valence-corrected chi connectivity index (χ0v) is 19.7. The van der Waals surface area contributed by atoms with Crippen LogP contribution in [0.25, 0.3) is 0 Å². The van der Waals surface area contributed by atoms with Gasteiger partial charge in [0.2, 0.25) is 10.0 Å². The van der Waals surface area contributed by atoms with Gasteiger partial charge in [0.05, 0.1) is 10.7 Å². The van der Waals surface area contributed by atoms with Crippen LogP contribution < -0.4 is 10.2 Å². The van der Waals surface area contributed by atoms with Gasteiger partial charge in [-0.15, -0.1) is 0 Å². The number of hydrogen-bond acceptors (Lipinski definition) is 4. The second-order valence-corrected chi connectivity index (χ2v) is 10.2. The average molecular weight is 508 g/mol. The Bertz CT molecular complexity index is 1300. The van der Waals surface area contributed by atoms with E-state index in [0.29, 0.717) is 28.8 Å². The highest BCUT2D eigenvalue weighted by molar-refractivity contribution is 7.89. The number of carbonyl (C=O) groups is 1. The first-order valence-corrected chi connectivity index (χ1v) is 12.3. The standard InChI is InChI=1S/C23H20Cl2FN3O3S/c24-17-4-3-5-18(15-17)28-10-12-29(13-11-28)33(31,32)22-14-16(8-9-20(22)26)23(30)27-21-7-2-1-6-19(21)25/h1-9,14-15H,10-13H2,(H,27,30). The summed E-state index contributed by atoms with van der Waals surface area (Å²) in [6, 6.07) is 17.2. The lowest BCUT2D eigenvalue weighted by Gasteiger charge is -2.35. The van der Waals surface area contributed by atoms with E-state index >= 15 is 0 Å². The lowest BCUT2D eigenvalue weighted by atomic mass is 10.2. The molecule has 172 valence electrons. The Morgan fingerprint density at radius 2 is 1.64 bits per heavy atom. The molecular weight excluding hydrogens is 488 g/mol. The highest BCUT2D eigenvalue weighted by Crippen LogP contribution is 2.26. The molecule has 0 bridgehead atoms. The van der Waals surface area contributed by atoms with Crippen molar-refractivity contribution in [3.63, 3.8) is 0 Å². The fourth-order valence-corrected chi connectivity index (χ4v) is 5.48. The molecule has 0 saturated carbocycles. The summed E-state index contributed by atoms with van der Waals surface area (Å²) in [7, 11) is -4.14. The number of rotatable bonds is 5. The normalized spacial score (nSPS) is 14.8. The van der Waals surface area contributed by atoms with Gasteiger partial charge in [-0.05, 0) is 48.5 Å². The zero-order chi connectivity index (χ0) is 23.6. The molecule has 4 rings (SSSR count). The number of nitrogens with one attached hydrogen (secondary N) is 1. The van der Waals surface area contributed by atoms with Crippen LogP contribution in [0.4, 0.5) is 15.8 Å². The summed E-state index contributed by atoms with van der Waals surface area (Å²) in [6.07, 6.45) is 0. The largest absolute Gasteiger partial charge is 0.369 e. The maximum atomic E-state index is 14.6. The SMILES string of the molecule is O=C(Nc1ccccc1Cl)c1ccc(F)c(S(=O)(=O)N2CCN(c3cccc(Cl)c3)CC2)c1. The van der Waals surface area contributed by atoms with E-state index in [2.05, 4.69) is 5.32 Å². The molecule has 1 amide bonds. The summed E-state index contributed by atoms with van der Waals surface area (Å²) in [5.41, 5.74) is 1.27. The number of carbonyl (C=O) groups excluding carboxylic acids is 1. The Morgan fingerprint density at radius 3 is 2.33 bits per heavy atom. The summed E-state index contributed by atoms with van der Waals surface area (Å²) in [6.45, 7) is 1.19. The van der Waals surface area contributed by atoms with Crippen LogP contribution in [0, 0.1) is 5.82 Å². The van der Waals surface area contributed by atoms with Gasteiger partial charge in [0.1, 0.15) is 10.7 Å². The van der Waals surface area contributed by atoms with Crippen molar-refractivity contribution in [1.82, 2.24) is 4.31 Å². The smallest absolute Gasteiger partial charge is 0.255 e. The highest BCUT2D eigenvalue weighted by Gasteiger charge is 2.31. The first-order chi connectivity index (χ1) is 15.8. The number of nitrogens with zero attached hydrogens (tertiary/aromatic N) is 2. The van der Waals surface area contributed by atoms with Crippen molar-refractivity contribution in [2.75, 3.05) is 36.4 Å². The monoisotopic (exact) mass is 507 g/mol. The molecule has 10 heteroatoms. The van der Waals surface area contributed by atoms with Gasteiger partial charge in [0.25, 0.3) is 5.91 Å². The number of para-hydroxylation sites is 1. The van der Waals surface area contributed by atoms with Gasteiger partial charge < -0.3 is 10.2 Å². The third-order valence-electron chi connectivity index (χ3n) is 5.35. The Balaban J connectivity index is 1.52. The molecule has 33 heavy (non-hydrogen) atoms. The molecule has 1 N–H and O–H groups in total. The maximum Gasteiger partial charge on any atom is 0.255 e. The lowest BCUT2D eigenvalue weighted by Crippen LogP contribution is -2.48. The van der Waals surface area contributed by atoms with Gasteiger partial charge in [0.15, 0.2) is 0 Å². The molecule has 6 nitrogen and oxygen atoms in total. The second-order valence-electron chi connectivity index (χ2n) is 7.45. The van der Waals surface area contributed by atoms with Crippen molar-refractivity contribution < 1.29 is 17.6 Å². The second kappa shape index (κ2) is 9.69. The molecule has 3 aromatic rings. The molecule has 1 fully saturated rings. The minimum atomic E-state index is -4.14. The number of piperazine rings is 1. The van der Waals surface area contributed by atoms with E-state index in [-0.39, 0.29) is 18.7 Å². The van der Waals surface area contributed by atoms with Gasteiger partial charge in [0, 0.05) is 42.5 Å². The molecule has 1 aliphatic heterocycles. The Morgan fingerprint density at radius 1 is 0.909 bits per heavy atom. The van der Waals surface area contributed by atoms with Gasteiger partial charge in [-0.2, -0.15) is 4.31 Å². The number of sulfonamides is 1. The van der Waals surface area contributed by atoms with Gasteiger partial charge >= 0.3 is 0 Å². The summed E-state index contributed by atoms with van der Waals surface area (Å²) in [5, 5.41) is 3.54. The highest BCUT2D eigenvalue weighted by atomic mass is 35.5. The van der Waals surface area contributed by atoms with Crippen molar-refractivity contribution in [3.05, 3.63) is 88.2 Å². The third kappa shape index (κ3) is 5.14. The Kier molecular flexibility index (Phi) is 6.90. The van der Waals surface area contributed by atoms with Crippen molar-refractivity contribution >= 4 is 50.5 Å². The van der Waals surface area contributed by atoms with E-state index in [0.717, 1.165) is 17.8 Å². The van der Waals surface area contributed by atoms with Crippen molar-refractivity contribution in [1.29, 1.82) is 0 Å². The predicted molar refractivity (Wildman–Crippen MR) is 128 cm³/mol. The van der Waals surface area contributed by atoms with E-state index < -0.39 is 26.6 Å². The summed E-state index contributed by atoms with van der Waals surface area (Å²) in [4.78, 5) is 14.1. The zero-order valence-electron chi connectivity index (χ0n) is 17.3. The number of amides is 1. The van der Waals surface area contributed by atoms with Crippen molar-refractivity contribution in [3.8, 4) is 0 Å². The van der Waals surface area contributed by atoms with E-state index in [1.165, 1.54) is 10.4 Å². The first-order valence-electron chi connectivity index (χ1n) is 10.1. The van der Waals surface area contributed by atoms with Crippen LogP contribution in [0.1, 0.15) is 10.4 Å². The Labute approximate surface area is 201 Å². The summed E-state index contributed by atoms with van der Waals surface area (Å²) in [5.74, 6) is -1.51. The number of benzene rings is 3. The van der Waals surface area contributed by atoms with Crippen LogP contribution in [0.15, 0.2) is 71.6 Å². The van der Waals surface area contributed by atoms with E-state index in [9.17, 15) is 17.6 Å². The number of anilines is 2. The summed E-state index contributed by atoms with van der Waals surface area (Å²) >= 11 is 12.1. The maximum absolute atomic E-state index is 14.6. The number of hydrogen-bond donors (Lipinski definition) is 1. The molecule has 0 aromatic heterocycles. The fourth-order valence-electron chi connectivity index (χ4n) is 3.60. The van der Waals surface area contributed by atoms with Crippen LogP contribution in [0.3, 0.4) is 0 Å². The molecular formula is C23H20Cl2FN3O3S. The molecule has 0 spiro atoms. The van der Waals surface area contributed by atoms with E-state index in [1.807, 2.05) is 23.1 Å². The quantitative estimate of drug-likeness (QED) is 0.533. The van der Waals surface area contributed by atoms with Crippen LogP contribution in [-0.4, -0.2) is 44.8 Å². The topological polar surface area (TPSA) is 69.7 Å². The molecule has 1 heterocycles. The minimum absolute atomic E-state index is 0.00691. The predicted octanol–water partition coefficient (Wildman–Crippen LogP) is 4.90. The molecule has 0 unspecified atom stereocenters. The van der Waals surface area contributed by atoms with Crippen molar-refractivity contribution in [2.45, 2.75) is 4.90 Å². The number of halogens is 3. The fraction of sp³-hybridized carbons (Fsp3) is 0.174. The van der Waals surface area contributed by atoms with E-state index in [4.69, 9.17) is 23.2 Å². The molecule has 3 aromatic carbocycles. The molecule has 0 aliphatic carbocycles. The molecule has 1 aliphatic rings. The minimum Gasteiger partial charge on any atom is -0.369 e. The molecule has 0 radical (unpaired) electrons. The van der Waals surface area contributed by atoms with Gasteiger partial charge in [-0.3, -0.25) is 4.79 Å². The third-order valence-corrected chi connectivity index (χ3v) is 7.82. The van der Waals surface area contributed by atoms with Crippen LogP contribution in [-0.2, 0) is 10.0 Å². The Hall–Kier alpha value is -2.65.